The van der Waals surface area contributed by atoms with E-state index in [1.807, 2.05) is 20.8 Å². The fourth-order valence-corrected chi connectivity index (χ4v) is 3.62. The molecule has 178 valence electrons. The van der Waals surface area contributed by atoms with Gasteiger partial charge in [0.2, 0.25) is 0 Å². The van der Waals surface area contributed by atoms with Crippen molar-refractivity contribution in [3.05, 3.63) is 0 Å². The van der Waals surface area contributed by atoms with Crippen LogP contribution in [0.3, 0.4) is 0 Å². The molecular formula is C26H56O3. The quantitative estimate of drug-likeness (QED) is 0.176. The lowest BCUT2D eigenvalue weighted by atomic mass is 9.95. The Bertz CT molecular complexity index is 297. The van der Waals surface area contributed by atoms with Crippen LogP contribution in [0.15, 0.2) is 0 Å². The summed E-state index contributed by atoms with van der Waals surface area (Å²) in [5.41, 5.74) is -0.228. The molecule has 0 saturated carbocycles. The Balaban J connectivity index is 0. The first-order valence-electron chi connectivity index (χ1n) is 12.7. The van der Waals surface area contributed by atoms with E-state index in [9.17, 15) is 5.11 Å². The summed E-state index contributed by atoms with van der Waals surface area (Å²) in [6.07, 6.45) is 21.2. The molecule has 0 radical (unpaired) electrons. The lowest BCUT2D eigenvalue weighted by Crippen LogP contribution is -2.24. The molecule has 29 heavy (non-hydrogen) atoms. The fourth-order valence-electron chi connectivity index (χ4n) is 3.62. The van der Waals surface area contributed by atoms with Gasteiger partial charge in [0, 0.05) is 6.61 Å². The zero-order valence-electron chi connectivity index (χ0n) is 21.0. The van der Waals surface area contributed by atoms with E-state index < -0.39 is 6.29 Å². The Morgan fingerprint density at radius 1 is 0.655 bits per heavy atom. The van der Waals surface area contributed by atoms with E-state index in [1.165, 1.54) is 103 Å². The highest BCUT2D eigenvalue weighted by atomic mass is 16.6. The second-order valence-corrected chi connectivity index (χ2v) is 9.70. The Labute approximate surface area is 184 Å². The van der Waals surface area contributed by atoms with Crippen molar-refractivity contribution in [3.8, 4) is 0 Å². The number of ether oxygens (including phenoxy) is 1. The number of hydrogen-bond donors (Lipinski definition) is 2. The van der Waals surface area contributed by atoms with Crippen LogP contribution in [-0.4, -0.2) is 28.7 Å². The largest absolute Gasteiger partial charge is 0.396 e. The van der Waals surface area contributed by atoms with Crippen LogP contribution in [0.1, 0.15) is 144 Å². The van der Waals surface area contributed by atoms with E-state index >= 15 is 0 Å². The normalized spacial score (nSPS) is 13.7. The fraction of sp³-hybridized carbons (Fsp3) is 1.00. The molecule has 0 aliphatic rings. The van der Waals surface area contributed by atoms with Crippen molar-refractivity contribution in [2.45, 2.75) is 156 Å². The molecule has 0 fully saturated rings. The third-order valence-electron chi connectivity index (χ3n) is 5.21. The predicted molar refractivity (Wildman–Crippen MR) is 128 cm³/mol. The molecule has 3 heteroatoms. The summed E-state index contributed by atoms with van der Waals surface area (Å²) in [6, 6.07) is 0. The van der Waals surface area contributed by atoms with Gasteiger partial charge in [0.05, 0.1) is 5.60 Å². The van der Waals surface area contributed by atoms with Gasteiger partial charge in [-0.3, -0.25) is 0 Å². The van der Waals surface area contributed by atoms with Crippen molar-refractivity contribution in [1.82, 2.24) is 0 Å². The van der Waals surface area contributed by atoms with Crippen molar-refractivity contribution < 1.29 is 14.9 Å². The van der Waals surface area contributed by atoms with Crippen molar-refractivity contribution in [2.24, 2.45) is 5.92 Å². The zero-order valence-corrected chi connectivity index (χ0v) is 21.0. The van der Waals surface area contributed by atoms with Crippen LogP contribution in [0.2, 0.25) is 0 Å². The van der Waals surface area contributed by atoms with Gasteiger partial charge < -0.3 is 14.9 Å². The van der Waals surface area contributed by atoms with Gasteiger partial charge in [-0.2, -0.15) is 0 Å². The molecule has 3 nitrogen and oxygen atoms in total. The first-order valence-corrected chi connectivity index (χ1v) is 12.7. The van der Waals surface area contributed by atoms with Crippen molar-refractivity contribution >= 4 is 0 Å². The van der Waals surface area contributed by atoms with Gasteiger partial charge in [-0.1, -0.05) is 104 Å². The molecule has 2 unspecified atom stereocenters. The van der Waals surface area contributed by atoms with E-state index in [-0.39, 0.29) is 5.60 Å². The van der Waals surface area contributed by atoms with Crippen LogP contribution in [0.5, 0.6) is 0 Å². The molecule has 0 bridgehead atoms. The van der Waals surface area contributed by atoms with Gasteiger partial charge in [-0.05, 0) is 46.5 Å². The minimum atomic E-state index is -0.657. The summed E-state index contributed by atoms with van der Waals surface area (Å²) in [6.45, 7) is 12.3. The topological polar surface area (TPSA) is 49.7 Å². The first-order chi connectivity index (χ1) is 13.8. The van der Waals surface area contributed by atoms with Gasteiger partial charge in [0.1, 0.15) is 0 Å². The Morgan fingerprint density at radius 3 is 1.24 bits per heavy atom. The first kappa shape index (κ1) is 31.1. The number of unbranched alkanes of at least 4 members (excludes halogenated alkanes) is 12. The molecule has 0 aromatic carbocycles. The van der Waals surface area contributed by atoms with Crippen LogP contribution in [0, 0.1) is 5.92 Å². The van der Waals surface area contributed by atoms with Crippen LogP contribution in [0.4, 0.5) is 0 Å². The molecular weight excluding hydrogens is 360 g/mol. The smallest absolute Gasteiger partial charge is 0.152 e. The maximum atomic E-state index is 9.47. The lowest BCUT2D eigenvalue weighted by molar-refractivity contribution is -0.154. The molecule has 2 atom stereocenters. The summed E-state index contributed by atoms with van der Waals surface area (Å²) in [5, 5.41) is 18.1. The van der Waals surface area contributed by atoms with Crippen molar-refractivity contribution in [2.75, 3.05) is 6.61 Å². The van der Waals surface area contributed by atoms with Gasteiger partial charge in [0.25, 0.3) is 0 Å². The van der Waals surface area contributed by atoms with Gasteiger partial charge in [-0.25, -0.2) is 0 Å². The molecule has 0 rings (SSSR count). The second-order valence-electron chi connectivity index (χ2n) is 9.70. The van der Waals surface area contributed by atoms with Gasteiger partial charge in [-0.15, -0.1) is 0 Å². The van der Waals surface area contributed by atoms with Crippen LogP contribution < -0.4 is 0 Å². The average molecular weight is 417 g/mol. The number of rotatable bonds is 18. The van der Waals surface area contributed by atoms with E-state index in [1.54, 1.807) is 6.92 Å². The monoisotopic (exact) mass is 416 g/mol. The molecule has 0 spiro atoms. The standard InChI is InChI=1S/C20H42O.C6H14O2/c1-3-5-7-9-11-12-14-16-18-20(19-21)17-15-13-10-8-6-4-2;1-5(7)8-6(2,3)4/h20-21H,3-19H2,1-2H3;5,7H,1-4H3. The number of hydrogen-bond acceptors (Lipinski definition) is 3. The second kappa shape index (κ2) is 22.6. The number of aliphatic hydroxyl groups excluding tert-OH is 2. The molecule has 0 aliphatic heterocycles. The average Bonchev–Trinajstić information content (AvgIpc) is 2.63. The minimum Gasteiger partial charge on any atom is -0.396 e. The third-order valence-corrected chi connectivity index (χ3v) is 5.21. The maximum absolute atomic E-state index is 9.47. The highest BCUT2D eigenvalue weighted by molar-refractivity contribution is 4.60. The Morgan fingerprint density at radius 2 is 1.00 bits per heavy atom. The van der Waals surface area contributed by atoms with Gasteiger partial charge in [0.15, 0.2) is 6.29 Å². The van der Waals surface area contributed by atoms with E-state index in [2.05, 4.69) is 13.8 Å². The summed E-state index contributed by atoms with van der Waals surface area (Å²) in [4.78, 5) is 0. The van der Waals surface area contributed by atoms with Crippen molar-refractivity contribution in [1.29, 1.82) is 0 Å². The third kappa shape index (κ3) is 30.2. The highest BCUT2D eigenvalue weighted by Crippen LogP contribution is 2.19. The van der Waals surface area contributed by atoms with Crippen LogP contribution >= 0.6 is 0 Å². The predicted octanol–water partition coefficient (Wildman–Crippen LogP) is 8.02. The molecule has 2 N–H and O–H groups in total. The molecule has 0 saturated heterocycles. The van der Waals surface area contributed by atoms with Crippen molar-refractivity contribution in [3.63, 3.8) is 0 Å². The molecule has 0 heterocycles. The van der Waals surface area contributed by atoms with Gasteiger partial charge >= 0.3 is 0 Å². The SMILES string of the molecule is CC(O)OC(C)(C)C.CCCCCCCCCCC(CO)CCCCCCCC. The van der Waals surface area contributed by atoms with E-state index in [4.69, 9.17) is 9.84 Å². The summed E-state index contributed by atoms with van der Waals surface area (Å²) in [5.74, 6) is 0.580. The Hall–Kier alpha value is -0.120. The summed E-state index contributed by atoms with van der Waals surface area (Å²) >= 11 is 0. The Kier molecular flexibility index (Phi) is 24.2. The summed E-state index contributed by atoms with van der Waals surface area (Å²) < 4.78 is 4.99. The molecule has 0 aliphatic carbocycles. The molecule has 0 aromatic rings. The minimum absolute atomic E-state index is 0.228. The van der Waals surface area contributed by atoms with Crippen LogP contribution in [-0.2, 0) is 4.74 Å². The van der Waals surface area contributed by atoms with Crippen LogP contribution in [0.25, 0.3) is 0 Å². The highest BCUT2D eigenvalue weighted by Gasteiger charge is 2.12. The number of aliphatic hydroxyl groups is 2. The van der Waals surface area contributed by atoms with E-state index in [0.717, 1.165) is 0 Å². The maximum Gasteiger partial charge on any atom is 0.152 e. The molecule has 0 amide bonds. The lowest BCUT2D eigenvalue weighted by Gasteiger charge is -2.21. The zero-order chi connectivity index (χ0) is 22.4. The molecule has 0 aromatic heterocycles. The summed E-state index contributed by atoms with van der Waals surface area (Å²) in [7, 11) is 0. The van der Waals surface area contributed by atoms with E-state index in [0.29, 0.717) is 12.5 Å².